The minimum Gasteiger partial charge on any atom is -0.353 e. The highest BCUT2D eigenvalue weighted by Crippen LogP contribution is 2.49. The Morgan fingerprint density at radius 1 is 0.235 bits per heavy atom. The van der Waals surface area contributed by atoms with Crippen molar-refractivity contribution in [3.8, 4) is 0 Å². The predicted molar refractivity (Wildman–Crippen MR) is 445 cm³/mol. The van der Waals surface area contributed by atoms with Gasteiger partial charge in [-0.3, -0.25) is 76.1 Å². The molecular formula is C78H150N13O21P3. The predicted octanol–water partition coefficient (Wildman–Crippen LogP) is 7.21. The summed E-state index contributed by atoms with van der Waals surface area (Å²) in [6, 6.07) is -10.3. The molecule has 0 aliphatic rings. The lowest BCUT2D eigenvalue weighted by molar-refractivity contribution is -0.134. The van der Waals surface area contributed by atoms with Gasteiger partial charge in [-0.15, -0.1) is 0 Å². The standard InChI is InChI=1S/C78H150N13O21P3/c1-25-107-113(104,108-26-2)46-67(92)82-61(40-52(13)14)73(98)88-64(43-55(19)20)76(101)85-58(37-49(7)8)70(95)79-31-34-91(35-32-80-71(96)59(38-50(9)10)86-77(102)65(44-56(21)22)89-74(99)62(41-53(15)16)83-68(93)47-114(105,109-27-3)110-28-4)36-33-81-72(97)60(39-51(11)12)87-78(103)66(45-57(23)24)90-75(100)63(42-54(17)18)84-69(94)48-115(106,111-29-5)112-30-6/h49-66H,25-48H2,1-24H3,(H,79,95)(H,80,96)(H,81,97)(H,82,92)(H,83,93)(H,84,94)(H,85,101)(H,86,102)(H,87,103)(H,88,98)(H,89,99)(H,90,100)/t58-,59-,60-,61-,62-,63-,64-,65-,66-/m0/s1. The van der Waals surface area contributed by atoms with E-state index in [0.29, 0.717) is 0 Å². The van der Waals surface area contributed by atoms with Crippen molar-refractivity contribution in [3.05, 3.63) is 0 Å². The first kappa shape index (κ1) is 109. The molecule has 0 saturated carbocycles. The third-order valence-electron chi connectivity index (χ3n) is 17.3. The van der Waals surface area contributed by atoms with E-state index in [2.05, 4.69) is 63.8 Å². The molecule has 12 amide bonds. The Morgan fingerprint density at radius 2 is 0.374 bits per heavy atom. The number of rotatable bonds is 63. The van der Waals surface area contributed by atoms with Crippen LogP contribution in [0.3, 0.4) is 0 Å². The Balaban J connectivity index is 7.46. The fourth-order valence-corrected chi connectivity index (χ4v) is 17.0. The van der Waals surface area contributed by atoms with Crippen LogP contribution in [0.1, 0.15) is 224 Å². The summed E-state index contributed by atoms with van der Waals surface area (Å²) in [5, 5.41) is 33.8. The molecular weight excluding hydrogens is 1550 g/mol. The van der Waals surface area contributed by atoms with Gasteiger partial charge < -0.3 is 90.9 Å². The van der Waals surface area contributed by atoms with Crippen molar-refractivity contribution in [1.82, 2.24) is 68.7 Å². The summed E-state index contributed by atoms with van der Waals surface area (Å²) in [5.74, 6) is -9.11. The lowest BCUT2D eigenvalue weighted by Gasteiger charge is -2.29. The second kappa shape index (κ2) is 57.3. The Bertz CT molecular complexity index is 2800. The van der Waals surface area contributed by atoms with E-state index in [4.69, 9.17) is 27.1 Å². The van der Waals surface area contributed by atoms with Crippen LogP contribution in [-0.2, 0) is 98.4 Å². The Morgan fingerprint density at radius 3 is 0.513 bits per heavy atom. The lowest BCUT2D eigenvalue weighted by atomic mass is 9.98. The van der Waals surface area contributed by atoms with Gasteiger partial charge in [-0.2, -0.15) is 0 Å². The van der Waals surface area contributed by atoms with E-state index in [0.717, 1.165) is 0 Å². The molecule has 34 nitrogen and oxygen atoms in total. The third-order valence-corrected chi connectivity index (χ3v) is 23.2. The van der Waals surface area contributed by atoms with Gasteiger partial charge in [-0.1, -0.05) is 125 Å². The molecule has 0 heterocycles. The second-order valence-corrected chi connectivity index (χ2v) is 39.1. The quantitative estimate of drug-likeness (QED) is 0.0267. The first-order chi connectivity index (χ1) is 53.6. The Hall–Kier alpha value is -5.95. The molecule has 0 aromatic heterocycles. The topological polar surface area (TPSA) is 459 Å². The zero-order valence-electron chi connectivity index (χ0n) is 73.7. The first-order valence-corrected chi connectivity index (χ1v) is 46.7. The maximum atomic E-state index is 14.4. The fraction of sp³-hybridized carbons (Fsp3) is 0.846. The summed E-state index contributed by atoms with van der Waals surface area (Å²) in [6.45, 7) is 43.3. The Kier molecular flexibility index (Phi) is 54.3. The van der Waals surface area contributed by atoms with E-state index in [1.54, 1.807) is 41.5 Å². The molecule has 0 radical (unpaired) electrons. The number of carbonyl (C=O) groups excluding carboxylic acids is 12. The molecule has 37 heteroatoms. The molecule has 0 saturated heterocycles. The van der Waals surface area contributed by atoms with Crippen LogP contribution in [0.4, 0.5) is 0 Å². The van der Waals surface area contributed by atoms with Crippen molar-refractivity contribution in [3.63, 3.8) is 0 Å². The highest BCUT2D eigenvalue weighted by molar-refractivity contribution is 7.55. The second-order valence-electron chi connectivity index (χ2n) is 32.9. The summed E-state index contributed by atoms with van der Waals surface area (Å²) >= 11 is 0. The zero-order chi connectivity index (χ0) is 88.1. The maximum Gasteiger partial charge on any atom is 0.340 e. The smallest absolute Gasteiger partial charge is 0.340 e. The average molecular weight is 1700 g/mol. The summed E-state index contributed by atoms with van der Waals surface area (Å²) in [4.78, 5) is 171. The molecule has 668 valence electrons. The van der Waals surface area contributed by atoms with Crippen molar-refractivity contribution >= 4 is 93.7 Å². The highest BCUT2D eigenvalue weighted by atomic mass is 31.2. The van der Waals surface area contributed by atoms with E-state index in [9.17, 15) is 71.2 Å². The molecule has 0 fully saturated rings. The maximum absolute atomic E-state index is 14.4. The van der Waals surface area contributed by atoms with E-state index in [1.165, 1.54) is 0 Å². The minimum absolute atomic E-state index is 0.0148. The number of nitrogens with zero attached hydrogens (tertiary/aromatic N) is 1. The molecule has 0 aromatic carbocycles. The summed E-state index contributed by atoms with van der Waals surface area (Å²) in [6.07, 6.45) is -0.507. The van der Waals surface area contributed by atoms with Crippen LogP contribution in [0.2, 0.25) is 0 Å². The van der Waals surface area contributed by atoms with Crippen molar-refractivity contribution in [2.45, 2.75) is 278 Å². The lowest BCUT2D eigenvalue weighted by Crippen LogP contribution is -2.58. The van der Waals surface area contributed by atoms with E-state index in [-0.39, 0.29) is 190 Å². The molecule has 0 unspecified atom stereocenters. The number of nitrogens with one attached hydrogen (secondary N) is 12. The molecule has 0 spiro atoms. The van der Waals surface area contributed by atoms with Gasteiger partial charge in [0, 0.05) is 39.3 Å². The van der Waals surface area contributed by atoms with Crippen LogP contribution in [0, 0.1) is 53.3 Å². The number of hydrogen-bond acceptors (Lipinski definition) is 22. The van der Waals surface area contributed by atoms with Crippen LogP contribution in [0.5, 0.6) is 0 Å². The van der Waals surface area contributed by atoms with Gasteiger partial charge in [-0.25, -0.2) is 0 Å². The molecule has 12 N–H and O–H groups in total. The van der Waals surface area contributed by atoms with Gasteiger partial charge in [-0.05, 0) is 153 Å². The van der Waals surface area contributed by atoms with Gasteiger partial charge >= 0.3 is 22.8 Å². The zero-order valence-corrected chi connectivity index (χ0v) is 76.4. The summed E-state index contributed by atoms with van der Waals surface area (Å²) in [5.41, 5.74) is 0. The van der Waals surface area contributed by atoms with Crippen molar-refractivity contribution in [2.75, 3.05) is 97.4 Å². The molecule has 0 rings (SSSR count). The third kappa shape index (κ3) is 48.0. The monoisotopic (exact) mass is 1700 g/mol. The van der Waals surface area contributed by atoms with Gasteiger partial charge in [0.15, 0.2) is 0 Å². The SMILES string of the molecule is CCOP(=O)(CC(=O)N[C@@H](CC(C)C)C(=O)N[C@@H](CC(C)C)C(=O)N[C@@H](CC(C)C)C(=O)NCCN(CCNC(=O)[C@H](CC(C)C)NC(=O)[C@H](CC(C)C)NC(=O)[C@H](CC(C)C)NC(=O)CP(=O)(OCC)OCC)CCNC(=O)[C@H](CC(C)C)NC(=O)[C@H](CC(C)C)NC(=O)[C@H](CC(C)C)NC(=O)CP(=O)(OCC)OCC)OCC. The average Bonchev–Trinajstić information content (AvgIpc) is 0.868. The highest BCUT2D eigenvalue weighted by Gasteiger charge is 2.39. The molecule has 9 atom stereocenters. The van der Waals surface area contributed by atoms with Crippen LogP contribution in [0.25, 0.3) is 0 Å². The van der Waals surface area contributed by atoms with Crippen molar-refractivity contribution in [1.29, 1.82) is 0 Å². The molecule has 0 aliphatic carbocycles. The largest absolute Gasteiger partial charge is 0.353 e. The van der Waals surface area contributed by atoms with Crippen LogP contribution < -0.4 is 63.8 Å². The molecule has 0 bridgehead atoms. The summed E-state index contributed by atoms with van der Waals surface area (Å²) in [7, 11) is -11.5. The van der Waals surface area contributed by atoms with Gasteiger partial charge in [0.1, 0.15) is 72.9 Å². The van der Waals surface area contributed by atoms with Gasteiger partial charge in [0.2, 0.25) is 70.9 Å². The number of amides is 12. The van der Waals surface area contributed by atoms with Crippen molar-refractivity contribution < 1.29 is 98.4 Å². The van der Waals surface area contributed by atoms with Gasteiger partial charge in [0.25, 0.3) is 0 Å². The molecule has 0 aliphatic heterocycles. The van der Waals surface area contributed by atoms with Crippen LogP contribution in [-0.4, -0.2) is 228 Å². The summed E-state index contributed by atoms with van der Waals surface area (Å²) < 4.78 is 71.8. The van der Waals surface area contributed by atoms with E-state index in [1.807, 2.05) is 130 Å². The van der Waals surface area contributed by atoms with Crippen LogP contribution in [0.15, 0.2) is 0 Å². The number of carbonyl (C=O) groups is 12. The molecule has 115 heavy (non-hydrogen) atoms. The molecule has 0 aromatic rings. The normalized spacial score (nSPS) is 14.6. The Labute approximate surface area is 686 Å². The van der Waals surface area contributed by atoms with Gasteiger partial charge in [0.05, 0.1) is 39.6 Å². The van der Waals surface area contributed by atoms with E-state index >= 15 is 0 Å². The van der Waals surface area contributed by atoms with Crippen molar-refractivity contribution in [2.24, 2.45) is 53.3 Å². The number of hydrogen-bond donors (Lipinski definition) is 12. The van der Waals surface area contributed by atoms with E-state index < -0.39 is 167 Å². The van der Waals surface area contributed by atoms with Crippen LogP contribution >= 0.6 is 22.8 Å². The minimum atomic E-state index is -3.85. The fourth-order valence-electron chi connectivity index (χ4n) is 12.5. The first-order valence-electron chi connectivity index (χ1n) is 41.5.